The maximum atomic E-state index is 14.8. The number of aryl methyl sites for hydroxylation is 1. The molecule has 3 heterocycles. The fourth-order valence-electron chi connectivity index (χ4n) is 7.35. The highest BCUT2D eigenvalue weighted by atomic mass is 35.5. The monoisotopic (exact) mass is 797 g/mol. The molecule has 0 bridgehead atoms. The Morgan fingerprint density at radius 1 is 0.944 bits per heavy atom. The number of anilines is 1. The fraction of sp³-hybridized carbons (Fsp3) is 0.512. The van der Waals surface area contributed by atoms with Crippen LogP contribution in [0.1, 0.15) is 81.5 Å². The van der Waals surface area contributed by atoms with Gasteiger partial charge in [0, 0.05) is 69.2 Å². The minimum absolute atomic E-state index is 0.00693. The fourth-order valence-corrected chi connectivity index (χ4v) is 8.22. The van der Waals surface area contributed by atoms with Crippen molar-refractivity contribution >= 4 is 58.5 Å². The molecule has 54 heavy (non-hydrogen) atoms. The number of piperidine rings is 1. The van der Waals surface area contributed by atoms with Crippen molar-refractivity contribution in [3.8, 4) is 5.75 Å². The summed E-state index contributed by atoms with van der Waals surface area (Å²) in [5.41, 5.74) is 3.16. The predicted octanol–water partition coefficient (Wildman–Crippen LogP) is 8.22. The highest BCUT2D eigenvalue weighted by molar-refractivity contribution is 6.37. The normalized spacial score (nSPS) is 20.1. The lowest BCUT2D eigenvalue weighted by molar-refractivity contribution is -0.139. The summed E-state index contributed by atoms with van der Waals surface area (Å²) in [6.45, 7) is 12.0. The summed E-state index contributed by atoms with van der Waals surface area (Å²) in [5.74, 6) is 0.588. The van der Waals surface area contributed by atoms with E-state index in [2.05, 4.69) is 16.3 Å². The van der Waals surface area contributed by atoms with Crippen molar-refractivity contribution in [1.82, 2.24) is 20.1 Å². The van der Waals surface area contributed by atoms with Gasteiger partial charge in [0.15, 0.2) is 5.75 Å². The van der Waals surface area contributed by atoms with E-state index < -0.39 is 17.6 Å². The van der Waals surface area contributed by atoms with Crippen LogP contribution in [0.4, 0.5) is 10.6 Å². The third kappa shape index (κ3) is 10.1. The second-order valence-corrected chi connectivity index (χ2v) is 17.0. The number of nitrogens with zero attached hydrogens (tertiary/aromatic N) is 4. The molecule has 2 aliphatic heterocycles. The van der Waals surface area contributed by atoms with Crippen molar-refractivity contribution in [2.24, 2.45) is 5.92 Å². The van der Waals surface area contributed by atoms with E-state index in [4.69, 9.17) is 49.3 Å². The molecule has 1 saturated carbocycles. The number of rotatable bonds is 11. The second-order valence-electron chi connectivity index (χ2n) is 15.8. The minimum atomic E-state index is -0.660. The van der Waals surface area contributed by atoms with Gasteiger partial charge in [-0.2, -0.15) is 0 Å². The molecule has 3 aliphatic rings. The molecule has 13 heteroatoms. The first-order valence-electron chi connectivity index (χ1n) is 18.8. The van der Waals surface area contributed by atoms with Crippen molar-refractivity contribution in [3.63, 3.8) is 0 Å². The molecule has 1 N–H and O–H groups in total. The molecule has 0 spiro atoms. The summed E-state index contributed by atoms with van der Waals surface area (Å²) in [6, 6.07) is 13.7. The molecule has 6 rings (SSSR count). The van der Waals surface area contributed by atoms with Gasteiger partial charge < -0.3 is 29.5 Å². The zero-order valence-electron chi connectivity index (χ0n) is 31.7. The van der Waals surface area contributed by atoms with E-state index >= 15 is 0 Å². The number of halogens is 3. The van der Waals surface area contributed by atoms with E-state index in [-0.39, 0.29) is 36.4 Å². The Balaban J connectivity index is 1.20. The molecule has 0 radical (unpaired) electrons. The van der Waals surface area contributed by atoms with Crippen LogP contribution in [-0.4, -0.2) is 83.2 Å². The molecule has 2 aromatic carbocycles. The number of aromatic nitrogens is 1. The van der Waals surface area contributed by atoms with Gasteiger partial charge in [-0.15, -0.1) is 0 Å². The molecular formula is C41H50Cl3N5O5. The van der Waals surface area contributed by atoms with Crippen molar-refractivity contribution in [3.05, 3.63) is 86.0 Å². The summed E-state index contributed by atoms with van der Waals surface area (Å²) in [6.07, 6.45) is 5.23. The molecule has 3 amide bonds. The van der Waals surface area contributed by atoms with Gasteiger partial charge in [0.1, 0.15) is 17.5 Å². The molecule has 2 unspecified atom stereocenters. The van der Waals surface area contributed by atoms with Crippen LogP contribution in [0.5, 0.6) is 5.75 Å². The molecule has 290 valence electrons. The van der Waals surface area contributed by atoms with Gasteiger partial charge in [-0.3, -0.25) is 9.59 Å². The summed E-state index contributed by atoms with van der Waals surface area (Å²) in [7, 11) is 0. The average Bonchev–Trinajstić information content (AvgIpc) is 3.85. The molecule has 10 nitrogen and oxygen atoms in total. The number of benzene rings is 2. The van der Waals surface area contributed by atoms with Gasteiger partial charge in [0.25, 0.3) is 0 Å². The Labute approximate surface area is 333 Å². The lowest BCUT2D eigenvalue weighted by Gasteiger charge is -2.40. The lowest BCUT2D eigenvalue weighted by atomic mass is 9.80. The summed E-state index contributed by atoms with van der Waals surface area (Å²) in [4.78, 5) is 50.2. The number of hydrogen-bond donors (Lipinski definition) is 1. The smallest absolute Gasteiger partial charge is 0.410 e. The Hall–Kier alpha value is -3.73. The van der Waals surface area contributed by atoms with E-state index in [0.717, 1.165) is 53.9 Å². The number of ether oxygens (including phenoxy) is 2. The topological polar surface area (TPSA) is 104 Å². The van der Waals surface area contributed by atoms with Crippen LogP contribution >= 0.6 is 34.8 Å². The van der Waals surface area contributed by atoms with Crippen LogP contribution in [0.15, 0.2) is 48.7 Å². The van der Waals surface area contributed by atoms with Gasteiger partial charge in [-0.25, -0.2) is 9.78 Å². The van der Waals surface area contributed by atoms with Crippen LogP contribution in [0.3, 0.4) is 0 Å². The lowest BCUT2D eigenvalue weighted by Crippen LogP contribution is -2.51. The average molecular weight is 799 g/mol. The number of carbonyl (C=O) groups excluding carboxylic acids is 3. The van der Waals surface area contributed by atoms with E-state index in [1.807, 2.05) is 75.2 Å². The molecule has 2 saturated heterocycles. The van der Waals surface area contributed by atoms with E-state index in [0.29, 0.717) is 59.8 Å². The zero-order valence-corrected chi connectivity index (χ0v) is 33.9. The van der Waals surface area contributed by atoms with Crippen LogP contribution in [-0.2, 0) is 27.3 Å². The van der Waals surface area contributed by atoms with Crippen molar-refractivity contribution < 1.29 is 23.9 Å². The number of likely N-dealkylation sites (tertiary alicyclic amines) is 1. The first-order chi connectivity index (χ1) is 25.6. The standard InChI is InChI=1S/C41H50Cl3N5O5/c1-25-18-35(43)38(36(44)19-25)53-31-13-16-47(23-31)37-11-7-28(21-46-37)32-14-17-48(40(52)54-41(3,4)5)24-33(32)39(51)49(30-8-9-30)22-29-20-27(6-10-34(29)42)12-15-45-26(2)50/h6-7,10-11,18-21,30-33H,8-9,12-17,22-24H2,1-5H3,(H,45,50)/t31-,32?,33?/m0/s1. The Bertz CT molecular complexity index is 1820. The largest absolute Gasteiger partial charge is 0.485 e. The summed E-state index contributed by atoms with van der Waals surface area (Å²) in [5, 5.41) is 4.43. The Morgan fingerprint density at radius 2 is 1.69 bits per heavy atom. The Kier molecular flexibility index (Phi) is 12.5. The molecule has 3 atom stereocenters. The molecule has 1 aliphatic carbocycles. The molecule has 3 fully saturated rings. The number of hydrogen-bond acceptors (Lipinski definition) is 7. The maximum Gasteiger partial charge on any atom is 0.410 e. The van der Waals surface area contributed by atoms with Crippen LogP contribution in [0, 0.1) is 12.8 Å². The van der Waals surface area contributed by atoms with Crippen molar-refractivity contribution in [2.45, 2.75) is 96.9 Å². The number of carbonyl (C=O) groups is 3. The first-order valence-corrected chi connectivity index (χ1v) is 19.9. The molecule has 3 aromatic rings. The van der Waals surface area contributed by atoms with Crippen LogP contribution in [0.2, 0.25) is 15.1 Å². The molecular weight excluding hydrogens is 749 g/mol. The van der Waals surface area contributed by atoms with Gasteiger partial charge >= 0.3 is 6.09 Å². The van der Waals surface area contributed by atoms with Gasteiger partial charge in [0.2, 0.25) is 11.8 Å². The highest BCUT2D eigenvalue weighted by Crippen LogP contribution is 2.40. The summed E-state index contributed by atoms with van der Waals surface area (Å²) >= 11 is 19.6. The first kappa shape index (κ1) is 39.9. The quantitative estimate of drug-likeness (QED) is 0.209. The van der Waals surface area contributed by atoms with Gasteiger partial charge in [-0.05, 0) is 99.9 Å². The van der Waals surface area contributed by atoms with Crippen molar-refractivity contribution in [2.75, 3.05) is 37.6 Å². The number of pyridine rings is 1. The third-order valence-electron chi connectivity index (χ3n) is 10.2. The second kappa shape index (κ2) is 17.0. The van der Waals surface area contributed by atoms with Gasteiger partial charge in [-0.1, -0.05) is 53.0 Å². The zero-order chi connectivity index (χ0) is 38.7. The van der Waals surface area contributed by atoms with E-state index in [1.165, 1.54) is 6.92 Å². The third-order valence-corrected chi connectivity index (χ3v) is 11.1. The van der Waals surface area contributed by atoms with E-state index in [9.17, 15) is 14.4 Å². The van der Waals surface area contributed by atoms with Crippen LogP contribution in [0.25, 0.3) is 0 Å². The van der Waals surface area contributed by atoms with Crippen LogP contribution < -0.4 is 15.0 Å². The minimum Gasteiger partial charge on any atom is -0.485 e. The maximum absolute atomic E-state index is 14.8. The van der Waals surface area contributed by atoms with E-state index in [1.54, 1.807) is 4.90 Å². The Morgan fingerprint density at radius 3 is 2.33 bits per heavy atom. The number of nitrogens with one attached hydrogen (secondary N) is 1. The predicted molar refractivity (Wildman–Crippen MR) is 213 cm³/mol. The number of amides is 3. The molecule has 1 aromatic heterocycles. The van der Waals surface area contributed by atoms with Crippen molar-refractivity contribution in [1.29, 1.82) is 0 Å². The summed E-state index contributed by atoms with van der Waals surface area (Å²) < 4.78 is 12.0. The highest BCUT2D eigenvalue weighted by Gasteiger charge is 2.43. The van der Waals surface area contributed by atoms with Gasteiger partial charge in [0.05, 0.1) is 22.5 Å². The SMILES string of the molecule is CC(=O)NCCc1ccc(Cl)c(CN(C(=O)C2CN(C(=O)OC(C)(C)C)CCC2c2ccc(N3CC[C@H](Oc4c(Cl)cc(C)cc4Cl)C3)nc2)C2CC2)c1.